The molecule has 0 unspecified atom stereocenters. The number of ketones is 1. The highest BCUT2D eigenvalue weighted by molar-refractivity contribution is 6.02. The van der Waals surface area contributed by atoms with Gasteiger partial charge < -0.3 is 15.2 Å². The molecule has 4 nitrogen and oxygen atoms in total. The first-order valence-electron chi connectivity index (χ1n) is 6.27. The fraction of sp³-hybridized carbons (Fsp3) is 0.188. The van der Waals surface area contributed by atoms with Crippen LogP contribution in [0.15, 0.2) is 42.5 Å². The summed E-state index contributed by atoms with van der Waals surface area (Å²) in [6.07, 6.45) is 0. The van der Waals surface area contributed by atoms with Gasteiger partial charge in [0.15, 0.2) is 5.78 Å². The molecule has 0 spiro atoms. The minimum Gasteiger partial charge on any atom is -0.496 e. The van der Waals surface area contributed by atoms with E-state index in [-0.39, 0.29) is 5.78 Å². The van der Waals surface area contributed by atoms with Gasteiger partial charge in [-0.3, -0.25) is 4.79 Å². The number of Topliss-reactive ketones (excluding diaryl/α,β-unsaturated/α-hetero) is 1. The lowest BCUT2D eigenvalue weighted by atomic mass is 10.1. The average Bonchev–Trinajstić information content (AvgIpc) is 2.45. The standard InChI is InChI=1S/C16H17NO3/c1-11(18)16-14(17)8-13(9-15(16)19-2)20-10-12-6-4-3-5-7-12/h3-9H,10,17H2,1-2H3. The number of hydrogen-bond donors (Lipinski definition) is 1. The molecule has 0 amide bonds. The molecular formula is C16H17NO3. The maximum Gasteiger partial charge on any atom is 0.165 e. The van der Waals surface area contributed by atoms with E-state index in [4.69, 9.17) is 15.2 Å². The van der Waals surface area contributed by atoms with E-state index in [1.165, 1.54) is 14.0 Å². The molecule has 0 saturated carbocycles. The minimum atomic E-state index is -0.131. The highest BCUT2D eigenvalue weighted by Crippen LogP contribution is 2.31. The Bertz CT molecular complexity index is 609. The molecular weight excluding hydrogens is 254 g/mol. The van der Waals surface area contributed by atoms with Crippen LogP contribution in [0.3, 0.4) is 0 Å². The maximum atomic E-state index is 11.5. The van der Waals surface area contributed by atoms with Crippen LogP contribution in [0.5, 0.6) is 11.5 Å². The second-order valence-corrected chi connectivity index (χ2v) is 4.42. The highest BCUT2D eigenvalue weighted by Gasteiger charge is 2.14. The predicted octanol–water partition coefficient (Wildman–Crippen LogP) is 3.06. The Morgan fingerprint density at radius 2 is 1.90 bits per heavy atom. The van der Waals surface area contributed by atoms with E-state index in [2.05, 4.69) is 0 Å². The largest absolute Gasteiger partial charge is 0.496 e. The number of carbonyl (C=O) groups excluding carboxylic acids is 1. The van der Waals surface area contributed by atoms with Crippen molar-refractivity contribution < 1.29 is 14.3 Å². The summed E-state index contributed by atoms with van der Waals surface area (Å²) in [4.78, 5) is 11.5. The van der Waals surface area contributed by atoms with Gasteiger partial charge in [-0.05, 0) is 12.5 Å². The SMILES string of the molecule is COc1cc(OCc2ccccc2)cc(N)c1C(C)=O. The molecule has 0 radical (unpaired) electrons. The molecule has 0 bridgehead atoms. The second kappa shape index (κ2) is 6.10. The van der Waals surface area contributed by atoms with Crippen LogP contribution in [-0.4, -0.2) is 12.9 Å². The fourth-order valence-electron chi connectivity index (χ4n) is 1.97. The van der Waals surface area contributed by atoms with E-state index in [1.54, 1.807) is 12.1 Å². The number of benzene rings is 2. The minimum absolute atomic E-state index is 0.131. The molecule has 0 aliphatic rings. The van der Waals surface area contributed by atoms with E-state index in [0.717, 1.165) is 5.56 Å². The molecule has 104 valence electrons. The number of ether oxygens (including phenoxy) is 2. The van der Waals surface area contributed by atoms with Crippen molar-refractivity contribution in [1.82, 2.24) is 0 Å². The first-order chi connectivity index (χ1) is 9.61. The summed E-state index contributed by atoms with van der Waals surface area (Å²) in [5, 5.41) is 0. The van der Waals surface area contributed by atoms with Crippen molar-refractivity contribution in [3.8, 4) is 11.5 Å². The van der Waals surface area contributed by atoms with Crippen LogP contribution in [0.1, 0.15) is 22.8 Å². The highest BCUT2D eigenvalue weighted by atomic mass is 16.5. The zero-order valence-corrected chi connectivity index (χ0v) is 11.6. The lowest BCUT2D eigenvalue weighted by Crippen LogP contribution is -2.04. The molecule has 0 aliphatic carbocycles. The van der Waals surface area contributed by atoms with Gasteiger partial charge in [0.25, 0.3) is 0 Å². The summed E-state index contributed by atoms with van der Waals surface area (Å²) in [6.45, 7) is 1.89. The van der Waals surface area contributed by atoms with Crippen LogP contribution in [-0.2, 0) is 6.61 Å². The van der Waals surface area contributed by atoms with E-state index in [0.29, 0.717) is 29.4 Å². The van der Waals surface area contributed by atoms with Crippen molar-refractivity contribution >= 4 is 11.5 Å². The van der Waals surface area contributed by atoms with Gasteiger partial charge in [0.1, 0.15) is 18.1 Å². The van der Waals surface area contributed by atoms with Gasteiger partial charge in [-0.15, -0.1) is 0 Å². The van der Waals surface area contributed by atoms with Crippen molar-refractivity contribution in [3.63, 3.8) is 0 Å². The summed E-state index contributed by atoms with van der Waals surface area (Å²) >= 11 is 0. The van der Waals surface area contributed by atoms with Crippen molar-refractivity contribution in [2.24, 2.45) is 0 Å². The number of hydrogen-bond acceptors (Lipinski definition) is 4. The molecule has 0 aliphatic heterocycles. The Hall–Kier alpha value is -2.49. The van der Waals surface area contributed by atoms with Crippen LogP contribution in [0.2, 0.25) is 0 Å². The Balaban J connectivity index is 2.21. The predicted molar refractivity (Wildman–Crippen MR) is 78.2 cm³/mol. The molecule has 2 aromatic carbocycles. The first kappa shape index (κ1) is 13.9. The number of carbonyl (C=O) groups is 1. The Labute approximate surface area is 118 Å². The van der Waals surface area contributed by atoms with Gasteiger partial charge in [0.2, 0.25) is 0 Å². The van der Waals surface area contributed by atoms with Gasteiger partial charge in [0, 0.05) is 17.8 Å². The van der Waals surface area contributed by atoms with E-state index in [1.807, 2.05) is 30.3 Å². The third-order valence-electron chi connectivity index (χ3n) is 2.93. The molecule has 2 N–H and O–H groups in total. The van der Waals surface area contributed by atoms with Crippen molar-refractivity contribution in [1.29, 1.82) is 0 Å². The Kier molecular flexibility index (Phi) is 4.25. The van der Waals surface area contributed by atoms with E-state index in [9.17, 15) is 4.79 Å². The van der Waals surface area contributed by atoms with Gasteiger partial charge in [0.05, 0.1) is 12.7 Å². The van der Waals surface area contributed by atoms with Crippen molar-refractivity contribution in [2.75, 3.05) is 12.8 Å². The molecule has 2 rings (SSSR count). The topological polar surface area (TPSA) is 61.6 Å². The van der Waals surface area contributed by atoms with Gasteiger partial charge in [-0.25, -0.2) is 0 Å². The van der Waals surface area contributed by atoms with E-state index < -0.39 is 0 Å². The Morgan fingerprint density at radius 3 is 2.50 bits per heavy atom. The monoisotopic (exact) mass is 271 g/mol. The van der Waals surface area contributed by atoms with Crippen molar-refractivity contribution in [3.05, 3.63) is 53.6 Å². The number of methoxy groups -OCH3 is 1. The van der Waals surface area contributed by atoms with Crippen LogP contribution >= 0.6 is 0 Å². The van der Waals surface area contributed by atoms with Gasteiger partial charge >= 0.3 is 0 Å². The Morgan fingerprint density at radius 1 is 1.20 bits per heavy atom. The smallest absolute Gasteiger partial charge is 0.165 e. The van der Waals surface area contributed by atoms with Crippen LogP contribution in [0.4, 0.5) is 5.69 Å². The average molecular weight is 271 g/mol. The van der Waals surface area contributed by atoms with Crippen molar-refractivity contribution in [2.45, 2.75) is 13.5 Å². The van der Waals surface area contributed by atoms with Crippen LogP contribution in [0.25, 0.3) is 0 Å². The summed E-state index contributed by atoms with van der Waals surface area (Å²) in [6, 6.07) is 13.1. The van der Waals surface area contributed by atoms with E-state index >= 15 is 0 Å². The molecule has 0 atom stereocenters. The number of nitrogens with two attached hydrogens (primary N) is 1. The van der Waals surface area contributed by atoms with Gasteiger partial charge in [-0.2, -0.15) is 0 Å². The zero-order chi connectivity index (χ0) is 14.5. The molecule has 0 saturated heterocycles. The third kappa shape index (κ3) is 3.09. The lowest BCUT2D eigenvalue weighted by Gasteiger charge is -2.13. The second-order valence-electron chi connectivity index (χ2n) is 4.42. The fourth-order valence-corrected chi connectivity index (χ4v) is 1.97. The summed E-state index contributed by atoms with van der Waals surface area (Å²) in [5.41, 5.74) is 7.69. The molecule has 2 aromatic rings. The maximum absolute atomic E-state index is 11.5. The molecule has 0 fully saturated rings. The summed E-state index contributed by atoms with van der Waals surface area (Å²) in [5.74, 6) is 0.878. The van der Waals surface area contributed by atoms with Gasteiger partial charge in [-0.1, -0.05) is 30.3 Å². The first-order valence-corrected chi connectivity index (χ1v) is 6.27. The lowest BCUT2D eigenvalue weighted by molar-refractivity contribution is 0.101. The molecule has 0 aromatic heterocycles. The number of anilines is 1. The quantitative estimate of drug-likeness (QED) is 0.670. The van der Waals surface area contributed by atoms with Crippen LogP contribution in [0, 0.1) is 0 Å². The molecule has 0 heterocycles. The summed E-state index contributed by atoms with van der Waals surface area (Å²) < 4.78 is 10.9. The number of nitrogen functional groups attached to an aromatic ring is 1. The molecule has 4 heteroatoms. The number of rotatable bonds is 5. The zero-order valence-electron chi connectivity index (χ0n) is 11.6. The summed E-state index contributed by atoms with van der Waals surface area (Å²) in [7, 11) is 1.50. The third-order valence-corrected chi connectivity index (χ3v) is 2.93. The van der Waals surface area contributed by atoms with Crippen LogP contribution < -0.4 is 15.2 Å². The normalized spacial score (nSPS) is 10.1. The molecule has 20 heavy (non-hydrogen) atoms.